The van der Waals surface area contributed by atoms with Crippen molar-refractivity contribution in [1.82, 2.24) is 5.32 Å². The van der Waals surface area contributed by atoms with Crippen LogP contribution < -0.4 is 5.32 Å². The summed E-state index contributed by atoms with van der Waals surface area (Å²) in [6.07, 6.45) is 3.95. The molecule has 10 heavy (non-hydrogen) atoms. The molecule has 0 aromatic carbocycles. The molecule has 1 N–H and O–H groups in total. The van der Waals surface area contributed by atoms with E-state index in [2.05, 4.69) is 17.2 Å². The molecule has 1 atom stereocenters. The summed E-state index contributed by atoms with van der Waals surface area (Å²) >= 11 is 0. The topological polar surface area (TPSA) is 12.0 Å². The second-order valence-corrected chi connectivity index (χ2v) is 2.79. The predicted molar refractivity (Wildman–Crippen MR) is 43.7 cm³/mol. The third-order valence-corrected chi connectivity index (χ3v) is 1.90. The van der Waals surface area contributed by atoms with Crippen LogP contribution in [0.15, 0.2) is 0 Å². The highest BCUT2D eigenvalue weighted by molar-refractivity contribution is 5.02. The predicted octanol–water partition coefficient (Wildman–Crippen LogP) is 1.40. The highest BCUT2D eigenvalue weighted by atomic mass is 14.9. The van der Waals surface area contributed by atoms with Crippen molar-refractivity contribution < 1.29 is 0 Å². The standard InChI is InChI=1S/C9H15N/c1-2-5-9-6-3-4-7-10-8-9/h9-10H,3-4,6-8H2,1H3. The highest BCUT2D eigenvalue weighted by Crippen LogP contribution is 2.09. The zero-order chi connectivity index (χ0) is 7.23. The minimum absolute atomic E-state index is 0.618. The van der Waals surface area contributed by atoms with Gasteiger partial charge in [-0.2, -0.15) is 0 Å². The van der Waals surface area contributed by atoms with Crippen molar-refractivity contribution >= 4 is 0 Å². The van der Waals surface area contributed by atoms with E-state index in [-0.39, 0.29) is 0 Å². The van der Waals surface area contributed by atoms with E-state index < -0.39 is 0 Å². The smallest absolute Gasteiger partial charge is 0.0327 e. The van der Waals surface area contributed by atoms with Gasteiger partial charge in [0.25, 0.3) is 0 Å². The molecule has 1 heteroatoms. The van der Waals surface area contributed by atoms with E-state index in [0.717, 1.165) is 6.54 Å². The van der Waals surface area contributed by atoms with Gasteiger partial charge in [0, 0.05) is 12.5 Å². The first kappa shape index (κ1) is 7.63. The van der Waals surface area contributed by atoms with Crippen LogP contribution in [-0.2, 0) is 0 Å². The summed E-state index contributed by atoms with van der Waals surface area (Å²) in [7, 11) is 0. The number of hydrogen-bond acceptors (Lipinski definition) is 1. The first-order valence-electron chi connectivity index (χ1n) is 4.06. The number of nitrogens with one attached hydrogen (secondary N) is 1. The minimum Gasteiger partial charge on any atom is -0.316 e. The Kier molecular flexibility index (Phi) is 3.32. The van der Waals surface area contributed by atoms with Crippen LogP contribution in [-0.4, -0.2) is 13.1 Å². The molecule has 1 unspecified atom stereocenters. The molecule has 0 amide bonds. The summed E-state index contributed by atoms with van der Waals surface area (Å²) in [4.78, 5) is 0. The van der Waals surface area contributed by atoms with Crippen molar-refractivity contribution in [2.45, 2.75) is 26.2 Å². The highest BCUT2D eigenvalue weighted by Gasteiger charge is 2.07. The largest absolute Gasteiger partial charge is 0.316 e. The summed E-state index contributed by atoms with van der Waals surface area (Å²) in [6, 6.07) is 0. The van der Waals surface area contributed by atoms with E-state index in [9.17, 15) is 0 Å². The van der Waals surface area contributed by atoms with Gasteiger partial charge in [0.1, 0.15) is 0 Å². The van der Waals surface area contributed by atoms with Crippen molar-refractivity contribution in [2.24, 2.45) is 5.92 Å². The van der Waals surface area contributed by atoms with Gasteiger partial charge in [0.05, 0.1) is 0 Å². The second-order valence-electron chi connectivity index (χ2n) is 2.79. The number of rotatable bonds is 0. The third kappa shape index (κ3) is 2.41. The SMILES string of the molecule is CC#CC1CCCCNC1. The van der Waals surface area contributed by atoms with E-state index in [0.29, 0.717) is 5.92 Å². The summed E-state index contributed by atoms with van der Waals surface area (Å²) in [5.41, 5.74) is 0. The van der Waals surface area contributed by atoms with Gasteiger partial charge in [-0.25, -0.2) is 0 Å². The Bertz CT molecular complexity index is 133. The van der Waals surface area contributed by atoms with Crippen LogP contribution in [0.5, 0.6) is 0 Å². The van der Waals surface area contributed by atoms with Crippen LogP contribution in [0.4, 0.5) is 0 Å². The Morgan fingerprint density at radius 3 is 3.10 bits per heavy atom. The van der Waals surface area contributed by atoms with Crippen molar-refractivity contribution in [3.63, 3.8) is 0 Å². The Morgan fingerprint density at radius 2 is 2.30 bits per heavy atom. The second kappa shape index (κ2) is 4.35. The van der Waals surface area contributed by atoms with Crippen LogP contribution in [0.1, 0.15) is 26.2 Å². The molecule has 1 rings (SSSR count). The molecule has 0 aliphatic carbocycles. The van der Waals surface area contributed by atoms with Gasteiger partial charge in [0.15, 0.2) is 0 Å². The van der Waals surface area contributed by atoms with Crippen molar-refractivity contribution in [2.75, 3.05) is 13.1 Å². The molecule has 0 aromatic heterocycles. The zero-order valence-corrected chi connectivity index (χ0v) is 6.61. The van der Waals surface area contributed by atoms with Gasteiger partial charge in [0.2, 0.25) is 0 Å². The maximum absolute atomic E-state index is 3.38. The van der Waals surface area contributed by atoms with Crippen LogP contribution in [0.25, 0.3) is 0 Å². The molecule has 1 nitrogen and oxygen atoms in total. The summed E-state index contributed by atoms with van der Waals surface area (Å²) in [6.45, 7) is 4.20. The fourth-order valence-corrected chi connectivity index (χ4v) is 1.35. The summed E-state index contributed by atoms with van der Waals surface area (Å²) < 4.78 is 0. The van der Waals surface area contributed by atoms with E-state index in [1.54, 1.807) is 0 Å². The molecule has 56 valence electrons. The van der Waals surface area contributed by atoms with E-state index >= 15 is 0 Å². The molecule has 0 saturated carbocycles. The third-order valence-electron chi connectivity index (χ3n) is 1.90. The maximum Gasteiger partial charge on any atom is 0.0327 e. The monoisotopic (exact) mass is 137 g/mol. The van der Waals surface area contributed by atoms with Crippen molar-refractivity contribution in [3.8, 4) is 11.8 Å². The molecular formula is C9H15N. The van der Waals surface area contributed by atoms with Crippen LogP contribution in [0, 0.1) is 17.8 Å². The Labute approximate surface area is 63.2 Å². The van der Waals surface area contributed by atoms with Crippen LogP contribution in [0.3, 0.4) is 0 Å². The molecule has 1 aliphatic rings. The minimum atomic E-state index is 0.618. The fourth-order valence-electron chi connectivity index (χ4n) is 1.35. The van der Waals surface area contributed by atoms with Gasteiger partial charge in [-0.15, -0.1) is 5.92 Å². The van der Waals surface area contributed by atoms with Gasteiger partial charge in [-0.05, 0) is 26.3 Å². The first-order chi connectivity index (χ1) is 4.93. The lowest BCUT2D eigenvalue weighted by atomic mass is 10.0. The molecule has 0 aromatic rings. The molecule has 1 aliphatic heterocycles. The first-order valence-corrected chi connectivity index (χ1v) is 4.06. The van der Waals surface area contributed by atoms with Gasteiger partial charge < -0.3 is 5.32 Å². The van der Waals surface area contributed by atoms with Crippen molar-refractivity contribution in [1.29, 1.82) is 0 Å². The number of hydrogen-bond donors (Lipinski definition) is 1. The molecule has 0 radical (unpaired) electrons. The quantitative estimate of drug-likeness (QED) is 0.498. The lowest BCUT2D eigenvalue weighted by Gasteiger charge is -2.03. The molecular weight excluding hydrogens is 122 g/mol. The Balaban J connectivity index is 2.33. The van der Waals surface area contributed by atoms with Gasteiger partial charge >= 0.3 is 0 Å². The van der Waals surface area contributed by atoms with Crippen molar-refractivity contribution in [3.05, 3.63) is 0 Å². The van der Waals surface area contributed by atoms with Crippen LogP contribution in [0.2, 0.25) is 0 Å². The van der Waals surface area contributed by atoms with Gasteiger partial charge in [-0.1, -0.05) is 12.3 Å². The molecule has 0 bridgehead atoms. The zero-order valence-electron chi connectivity index (χ0n) is 6.61. The normalized spacial score (nSPS) is 26.3. The fraction of sp³-hybridized carbons (Fsp3) is 0.778. The summed E-state index contributed by atoms with van der Waals surface area (Å²) in [5.74, 6) is 6.81. The van der Waals surface area contributed by atoms with Crippen LogP contribution >= 0.6 is 0 Å². The Morgan fingerprint density at radius 1 is 1.40 bits per heavy atom. The lowest BCUT2D eigenvalue weighted by Crippen LogP contribution is -2.19. The molecule has 0 spiro atoms. The Hall–Kier alpha value is -0.480. The molecule has 1 fully saturated rings. The van der Waals surface area contributed by atoms with Gasteiger partial charge in [-0.3, -0.25) is 0 Å². The maximum atomic E-state index is 3.38. The molecule has 1 saturated heterocycles. The summed E-state index contributed by atoms with van der Waals surface area (Å²) in [5, 5.41) is 3.38. The van der Waals surface area contributed by atoms with E-state index in [1.807, 2.05) is 6.92 Å². The average Bonchev–Trinajstić information content (AvgIpc) is 2.17. The van der Waals surface area contributed by atoms with E-state index in [1.165, 1.54) is 25.8 Å². The lowest BCUT2D eigenvalue weighted by molar-refractivity contribution is 0.596. The van der Waals surface area contributed by atoms with E-state index in [4.69, 9.17) is 0 Å². The average molecular weight is 137 g/mol. The molecule has 1 heterocycles.